The van der Waals surface area contributed by atoms with Crippen molar-refractivity contribution in [2.24, 2.45) is 11.3 Å². The second-order valence-corrected chi connectivity index (χ2v) is 12.5. The molecule has 14 heteroatoms. The number of para-hydroxylation sites is 1. The van der Waals surface area contributed by atoms with Crippen molar-refractivity contribution in [3.05, 3.63) is 64.2 Å². The number of carbonyl (C=O) groups is 2. The summed E-state index contributed by atoms with van der Waals surface area (Å²) in [6.07, 6.45) is -4.33. The summed E-state index contributed by atoms with van der Waals surface area (Å²) in [5.74, 6) is -0.963. The molecule has 1 aromatic heterocycles. The van der Waals surface area contributed by atoms with Crippen LogP contribution in [0.3, 0.4) is 0 Å². The number of methoxy groups -OCH3 is 2. The molecule has 2 aromatic carbocycles. The highest BCUT2D eigenvalue weighted by atomic mass is 35.5. The summed E-state index contributed by atoms with van der Waals surface area (Å²) >= 11 is 7.67. The van der Waals surface area contributed by atoms with E-state index in [0.717, 1.165) is 4.57 Å². The number of benzene rings is 2. The number of piperidine rings is 1. The SMILES string of the molecule is CCOC(=O)C12CC1CN(C(=O)C[C@H]1S[C@H](c3cccc(OC)c3OC)c3cc(Cl)ccc3-n3c1nnc3C(F)(F)F)C2. The van der Waals surface area contributed by atoms with Gasteiger partial charge in [-0.25, -0.2) is 0 Å². The summed E-state index contributed by atoms with van der Waals surface area (Å²) in [5, 5.41) is 6.38. The molecule has 3 aromatic rings. The molecule has 1 amide bonds. The van der Waals surface area contributed by atoms with Gasteiger partial charge < -0.3 is 19.1 Å². The Kier molecular flexibility index (Phi) is 7.52. The normalized spacial score (nSPS) is 24.0. The van der Waals surface area contributed by atoms with E-state index in [4.69, 9.17) is 25.8 Å². The Bertz CT molecular complexity index is 1600. The molecule has 43 heavy (non-hydrogen) atoms. The number of likely N-dealkylation sites (tertiary alicyclic amines) is 1. The summed E-state index contributed by atoms with van der Waals surface area (Å²) in [6.45, 7) is 2.59. The number of rotatable bonds is 7. The number of halogens is 4. The molecule has 228 valence electrons. The largest absolute Gasteiger partial charge is 0.493 e. The van der Waals surface area contributed by atoms with Crippen molar-refractivity contribution in [2.75, 3.05) is 33.9 Å². The van der Waals surface area contributed by atoms with Crippen LogP contribution in [0.25, 0.3) is 5.69 Å². The number of aromatic nitrogens is 3. The number of esters is 1. The van der Waals surface area contributed by atoms with Crippen molar-refractivity contribution < 1.29 is 37.0 Å². The molecule has 2 unspecified atom stereocenters. The number of hydrogen-bond acceptors (Lipinski definition) is 8. The zero-order valence-electron chi connectivity index (χ0n) is 23.5. The van der Waals surface area contributed by atoms with Crippen LogP contribution < -0.4 is 9.47 Å². The van der Waals surface area contributed by atoms with E-state index >= 15 is 0 Å². The van der Waals surface area contributed by atoms with Crippen LogP contribution in [0.5, 0.6) is 11.5 Å². The van der Waals surface area contributed by atoms with Gasteiger partial charge in [-0.15, -0.1) is 22.0 Å². The van der Waals surface area contributed by atoms with Gasteiger partial charge in [-0.3, -0.25) is 14.2 Å². The zero-order valence-corrected chi connectivity index (χ0v) is 25.1. The summed E-state index contributed by atoms with van der Waals surface area (Å²) in [7, 11) is 2.98. The summed E-state index contributed by atoms with van der Waals surface area (Å²) in [5.41, 5.74) is 0.589. The van der Waals surface area contributed by atoms with Crippen molar-refractivity contribution >= 4 is 35.2 Å². The van der Waals surface area contributed by atoms with E-state index < -0.39 is 27.9 Å². The van der Waals surface area contributed by atoms with Crippen LogP contribution in [0.1, 0.15) is 53.0 Å². The number of amides is 1. The molecule has 0 bridgehead atoms. The Labute approximate surface area is 254 Å². The number of ether oxygens (including phenoxy) is 3. The monoisotopic (exact) mass is 636 g/mol. The molecule has 2 aliphatic heterocycles. The van der Waals surface area contributed by atoms with Gasteiger partial charge in [0.2, 0.25) is 11.7 Å². The third-order valence-electron chi connectivity index (χ3n) is 8.30. The minimum Gasteiger partial charge on any atom is -0.493 e. The first-order valence-corrected chi connectivity index (χ1v) is 15.0. The van der Waals surface area contributed by atoms with E-state index in [0.29, 0.717) is 40.6 Å². The predicted octanol–water partition coefficient (Wildman–Crippen LogP) is 5.64. The number of hydrogen-bond donors (Lipinski definition) is 0. The van der Waals surface area contributed by atoms with Gasteiger partial charge in [0, 0.05) is 30.1 Å². The Morgan fingerprint density at radius 1 is 1.14 bits per heavy atom. The van der Waals surface area contributed by atoms with E-state index in [9.17, 15) is 22.8 Å². The second kappa shape index (κ2) is 10.9. The number of nitrogens with zero attached hydrogens (tertiary/aromatic N) is 4. The third-order valence-corrected chi connectivity index (χ3v) is 10.0. The fraction of sp³-hybridized carbons (Fsp3) is 0.448. The van der Waals surface area contributed by atoms with Crippen molar-refractivity contribution in [3.8, 4) is 17.2 Å². The molecular formula is C29H28ClF3N4O5S. The van der Waals surface area contributed by atoms with Gasteiger partial charge in [-0.05, 0) is 49.1 Å². The van der Waals surface area contributed by atoms with Gasteiger partial charge in [-0.1, -0.05) is 23.7 Å². The van der Waals surface area contributed by atoms with E-state index in [1.807, 2.05) is 0 Å². The number of fused-ring (bicyclic) bond motifs is 4. The number of thioether (sulfide) groups is 1. The van der Waals surface area contributed by atoms with Crippen molar-refractivity contribution in [1.29, 1.82) is 0 Å². The van der Waals surface area contributed by atoms with E-state index in [2.05, 4.69) is 10.2 Å². The molecule has 3 heterocycles. The lowest BCUT2D eigenvalue weighted by atomic mass is 10.0. The van der Waals surface area contributed by atoms with Gasteiger partial charge in [0.15, 0.2) is 17.3 Å². The molecule has 1 saturated carbocycles. The van der Waals surface area contributed by atoms with Crippen LogP contribution in [0.4, 0.5) is 13.2 Å². The molecule has 6 rings (SSSR count). The Morgan fingerprint density at radius 3 is 2.63 bits per heavy atom. The Balaban J connectivity index is 1.44. The molecule has 0 radical (unpaired) electrons. The average Bonchev–Trinajstić information content (AvgIpc) is 3.32. The van der Waals surface area contributed by atoms with Crippen molar-refractivity contribution in [1.82, 2.24) is 19.7 Å². The van der Waals surface area contributed by atoms with Crippen LogP contribution in [-0.4, -0.2) is 65.5 Å². The van der Waals surface area contributed by atoms with E-state index in [1.54, 1.807) is 36.1 Å². The molecule has 3 aliphatic rings. The highest BCUT2D eigenvalue weighted by molar-refractivity contribution is 8.00. The lowest BCUT2D eigenvalue weighted by Gasteiger charge is -2.25. The quantitative estimate of drug-likeness (QED) is 0.308. The van der Waals surface area contributed by atoms with Gasteiger partial charge in [-0.2, -0.15) is 13.2 Å². The lowest BCUT2D eigenvalue weighted by molar-refractivity contribution is -0.150. The highest BCUT2D eigenvalue weighted by Gasteiger charge is 2.66. The standard InChI is InChI=1S/C29H28ClF3N4O5S/c1-4-42-27(39)28-12-15(28)13-36(14-28)22(38)11-21-25-34-35-26(29(31,32)33)37(25)19-9-8-16(30)10-18(19)24(43-21)17-6-5-7-20(40-2)23(17)41-3/h5-10,15,21,24H,4,11-14H2,1-3H3/t15?,21-,24-,28?/m1/s1. The summed E-state index contributed by atoms with van der Waals surface area (Å²) < 4.78 is 60.4. The lowest BCUT2D eigenvalue weighted by Crippen LogP contribution is -2.35. The smallest absolute Gasteiger partial charge is 0.452 e. The molecule has 9 nitrogen and oxygen atoms in total. The van der Waals surface area contributed by atoms with Crippen LogP contribution >= 0.6 is 23.4 Å². The molecular weight excluding hydrogens is 609 g/mol. The van der Waals surface area contributed by atoms with E-state index in [1.165, 1.54) is 38.1 Å². The van der Waals surface area contributed by atoms with Crippen LogP contribution in [0.2, 0.25) is 5.02 Å². The second-order valence-electron chi connectivity index (χ2n) is 10.8. The molecule has 1 aliphatic carbocycles. The molecule has 2 fully saturated rings. The van der Waals surface area contributed by atoms with Gasteiger partial charge in [0.1, 0.15) is 0 Å². The maximum absolute atomic E-state index is 14.3. The van der Waals surface area contributed by atoms with Crippen LogP contribution in [0.15, 0.2) is 36.4 Å². The molecule has 0 N–H and O–H groups in total. The van der Waals surface area contributed by atoms with Crippen molar-refractivity contribution in [3.63, 3.8) is 0 Å². The molecule has 1 saturated heterocycles. The van der Waals surface area contributed by atoms with Gasteiger partial charge in [0.05, 0.1) is 42.4 Å². The van der Waals surface area contributed by atoms with Crippen LogP contribution in [-0.2, 0) is 20.5 Å². The maximum atomic E-state index is 14.3. The molecule has 0 spiro atoms. The summed E-state index contributed by atoms with van der Waals surface area (Å²) in [6, 6.07) is 9.90. The zero-order chi connectivity index (χ0) is 30.7. The number of alkyl halides is 3. The van der Waals surface area contributed by atoms with Crippen molar-refractivity contribution in [2.45, 2.75) is 36.4 Å². The first-order valence-electron chi connectivity index (χ1n) is 13.7. The summed E-state index contributed by atoms with van der Waals surface area (Å²) in [4.78, 5) is 28.0. The highest BCUT2D eigenvalue weighted by Crippen LogP contribution is 2.59. The Hall–Kier alpha value is -3.45. The fourth-order valence-electron chi connectivity index (χ4n) is 6.21. The first-order chi connectivity index (χ1) is 20.5. The number of carbonyl (C=O) groups excluding carboxylic acids is 2. The van der Waals surface area contributed by atoms with Crippen LogP contribution in [0, 0.1) is 11.3 Å². The van der Waals surface area contributed by atoms with Gasteiger partial charge >= 0.3 is 12.1 Å². The minimum absolute atomic E-state index is 0.0110. The predicted molar refractivity (Wildman–Crippen MR) is 151 cm³/mol. The molecule has 4 atom stereocenters. The fourth-order valence-corrected chi connectivity index (χ4v) is 7.90. The maximum Gasteiger partial charge on any atom is 0.452 e. The average molecular weight is 637 g/mol. The first kappa shape index (κ1) is 29.6. The topological polar surface area (TPSA) is 95.8 Å². The minimum atomic E-state index is -4.82. The van der Waals surface area contributed by atoms with E-state index in [-0.39, 0.29) is 48.9 Å². The Morgan fingerprint density at radius 2 is 1.93 bits per heavy atom. The third kappa shape index (κ3) is 4.99. The van der Waals surface area contributed by atoms with Gasteiger partial charge in [0.25, 0.3) is 0 Å².